The van der Waals surface area contributed by atoms with Crippen molar-refractivity contribution in [2.75, 3.05) is 24.4 Å². The van der Waals surface area contributed by atoms with Crippen LogP contribution in [-0.4, -0.2) is 33.4 Å². The number of rotatable bonds is 5. The second-order valence-electron chi connectivity index (χ2n) is 4.22. The zero-order valence-corrected chi connectivity index (χ0v) is 11.2. The van der Waals surface area contributed by atoms with Gasteiger partial charge in [-0.05, 0) is 32.0 Å². The molecule has 0 aromatic heterocycles. The van der Waals surface area contributed by atoms with Gasteiger partial charge in [0.25, 0.3) is 0 Å². The molecular formula is C12H18N2O3S. The van der Waals surface area contributed by atoms with E-state index in [4.69, 9.17) is 4.74 Å². The summed E-state index contributed by atoms with van der Waals surface area (Å²) in [5, 5.41) is 2.70. The molecule has 5 nitrogen and oxygen atoms in total. The molecule has 0 spiro atoms. The summed E-state index contributed by atoms with van der Waals surface area (Å²) in [7, 11) is -3.31. The van der Waals surface area contributed by atoms with Crippen LogP contribution in [0.5, 0.6) is 5.75 Å². The van der Waals surface area contributed by atoms with Crippen LogP contribution in [0.25, 0.3) is 0 Å². The van der Waals surface area contributed by atoms with Gasteiger partial charge in [0.1, 0.15) is 5.75 Å². The van der Waals surface area contributed by atoms with Gasteiger partial charge in [-0.25, -0.2) is 8.42 Å². The Kier molecular flexibility index (Phi) is 4.08. The third kappa shape index (κ3) is 3.14. The van der Waals surface area contributed by atoms with Gasteiger partial charge < -0.3 is 10.1 Å². The summed E-state index contributed by atoms with van der Waals surface area (Å²) in [5.74, 6) is 0.669. The lowest BCUT2D eigenvalue weighted by Gasteiger charge is -2.13. The highest BCUT2D eigenvalue weighted by molar-refractivity contribution is 7.93. The minimum atomic E-state index is -3.31. The zero-order valence-electron chi connectivity index (χ0n) is 10.3. The smallest absolute Gasteiger partial charge is 0.236 e. The van der Waals surface area contributed by atoms with Gasteiger partial charge in [0, 0.05) is 12.6 Å². The van der Waals surface area contributed by atoms with E-state index >= 15 is 0 Å². The number of hydrogen-bond acceptors (Lipinski definition) is 4. The van der Waals surface area contributed by atoms with Crippen LogP contribution in [0.1, 0.15) is 13.3 Å². The van der Waals surface area contributed by atoms with E-state index in [1.54, 1.807) is 24.3 Å². The summed E-state index contributed by atoms with van der Waals surface area (Å²) in [6.45, 7) is 3.72. The summed E-state index contributed by atoms with van der Waals surface area (Å²) in [6, 6.07) is 7.00. The first-order valence-electron chi connectivity index (χ1n) is 6.07. The zero-order chi connectivity index (χ0) is 13.0. The molecule has 1 aliphatic heterocycles. The summed E-state index contributed by atoms with van der Waals surface area (Å²) in [6.07, 6.45) is 0.653. The molecule has 0 radical (unpaired) electrons. The summed E-state index contributed by atoms with van der Waals surface area (Å²) >= 11 is 0. The van der Waals surface area contributed by atoms with Gasteiger partial charge >= 0.3 is 0 Å². The van der Waals surface area contributed by atoms with Gasteiger partial charge in [0.15, 0.2) is 0 Å². The molecule has 1 aromatic rings. The SMILES string of the molecule is CCOc1cccc(NS(=O)(=O)C2CCNC2)c1. The maximum atomic E-state index is 12.1. The van der Waals surface area contributed by atoms with E-state index < -0.39 is 10.0 Å². The van der Waals surface area contributed by atoms with Crippen LogP contribution in [0.4, 0.5) is 5.69 Å². The lowest BCUT2D eigenvalue weighted by atomic mass is 10.3. The van der Waals surface area contributed by atoms with Crippen molar-refractivity contribution < 1.29 is 13.2 Å². The van der Waals surface area contributed by atoms with Crippen molar-refractivity contribution in [3.63, 3.8) is 0 Å². The van der Waals surface area contributed by atoms with Crippen molar-refractivity contribution in [3.8, 4) is 5.75 Å². The quantitative estimate of drug-likeness (QED) is 0.843. The average Bonchev–Trinajstić information content (AvgIpc) is 2.83. The Balaban J connectivity index is 2.10. The monoisotopic (exact) mass is 270 g/mol. The van der Waals surface area contributed by atoms with Crippen LogP contribution < -0.4 is 14.8 Å². The van der Waals surface area contributed by atoms with Crippen molar-refractivity contribution in [1.82, 2.24) is 5.32 Å². The normalized spacial score (nSPS) is 19.7. The Bertz CT molecular complexity index is 496. The molecule has 0 saturated carbocycles. The van der Waals surface area contributed by atoms with Gasteiger partial charge in [-0.3, -0.25) is 4.72 Å². The minimum absolute atomic E-state index is 0.353. The number of anilines is 1. The highest BCUT2D eigenvalue weighted by Gasteiger charge is 2.28. The van der Waals surface area contributed by atoms with Crippen LogP contribution in [0, 0.1) is 0 Å². The fourth-order valence-electron chi connectivity index (χ4n) is 1.96. The van der Waals surface area contributed by atoms with Gasteiger partial charge in [0.2, 0.25) is 10.0 Å². The van der Waals surface area contributed by atoms with Crippen LogP contribution in [0.3, 0.4) is 0 Å². The minimum Gasteiger partial charge on any atom is -0.494 e. The lowest BCUT2D eigenvalue weighted by molar-refractivity contribution is 0.340. The number of hydrogen-bond donors (Lipinski definition) is 2. The highest BCUT2D eigenvalue weighted by atomic mass is 32.2. The molecule has 1 unspecified atom stereocenters. The fourth-order valence-corrected chi connectivity index (χ4v) is 3.34. The van der Waals surface area contributed by atoms with E-state index in [0.29, 0.717) is 31.0 Å². The molecule has 2 N–H and O–H groups in total. The maximum absolute atomic E-state index is 12.1. The van der Waals surface area contributed by atoms with Crippen molar-refractivity contribution >= 4 is 15.7 Å². The molecule has 1 fully saturated rings. The molecule has 100 valence electrons. The molecule has 2 rings (SSSR count). The Morgan fingerprint density at radius 1 is 1.50 bits per heavy atom. The van der Waals surface area contributed by atoms with E-state index in [1.807, 2.05) is 6.92 Å². The van der Waals surface area contributed by atoms with Crippen LogP contribution >= 0.6 is 0 Å². The third-order valence-corrected chi connectivity index (χ3v) is 4.66. The van der Waals surface area contributed by atoms with Crippen molar-refractivity contribution in [2.24, 2.45) is 0 Å². The standard InChI is InChI=1S/C12H18N2O3S/c1-2-17-11-5-3-4-10(8-11)14-18(15,16)12-6-7-13-9-12/h3-5,8,12-14H,2,6-7,9H2,1H3. The largest absolute Gasteiger partial charge is 0.494 e. The second-order valence-corrected chi connectivity index (χ2v) is 6.18. The molecule has 1 atom stereocenters. The molecule has 1 heterocycles. The Morgan fingerprint density at radius 3 is 3.00 bits per heavy atom. The Labute approximate surface area is 108 Å². The van der Waals surface area contributed by atoms with Gasteiger partial charge in [0.05, 0.1) is 17.5 Å². The topological polar surface area (TPSA) is 67.4 Å². The number of sulfonamides is 1. The number of benzene rings is 1. The Morgan fingerprint density at radius 2 is 2.33 bits per heavy atom. The van der Waals surface area contributed by atoms with Crippen LogP contribution in [0.15, 0.2) is 24.3 Å². The van der Waals surface area contributed by atoms with E-state index in [0.717, 1.165) is 6.54 Å². The van der Waals surface area contributed by atoms with Gasteiger partial charge in [-0.15, -0.1) is 0 Å². The van der Waals surface area contributed by atoms with Gasteiger partial charge in [-0.1, -0.05) is 6.07 Å². The molecule has 0 aliphatic carbocycles. The number of nitrogens with one attached hydrogen (secondary N) is 2. The van der Waals surface area contributed by atoms with Gasteiger partial charge in [-0.2, -0.15) is 0 Å². The summed E-state index contributed by atoms with van der Waals surface area (Å²) < 4.78 is 32.1. The van der Waals surface area contributed by atoms with E-state index in [1.165, 1.54) is 0 Å². The first-order chi connectivity index (χ1) is 8.62. The van der Waals surface area contributed by atoms with E-state index in [2.05, 4.69) is 10.0 Å². The first-order valence-corrected chi connectivity index (χ1v) is 7.61. The third-order valence-electron chi connectivity index (χ3n) is 2.86. The van der Waals surface area contributed by atoms with E-state index in [9.17, 15) is 8.42 Å². The van der Waals surface area contributed by atoms with Crippen molar-refractivity contribution in [2.45, 2.75) is 18.6 Å². The maximum Gasteiger partial charge on any atom is 0.236 e. The lowest BCUT2D eigenvalue weighted by Crippen LogP contribution is -2.29. The van der Waals surface area contributed by atoms with Crippen LogP contribution in [0.2, 0.25) is 0 Å². The first kappa shape index (κ1) is 13.2. The molecule has 6 heteroatoms. The molecule has 1 aliphatic rings. The molecule has 1 saturated heterocycles. The van der Waals surface area contributed by atoms with Crippen LogP contribution in [-0.2, 0) is 10.0 Å². The summed E-state index contributed by atoms with van der Waals surface area (Å²) in [4.78, 5) is 0. The molecular weight excluding hydrogens is 252 g/mol. The molecule has 1 aromatic carbocycles. The summed E-state index contributed by atoms with van der Waals surface area (Å²) in [5.41, 5.74) is 0.549. The Hall–Kier alpha value is -1.27. The molecule has 0 amide bonds. The molecule has 18 heavy (non-hydrogen) atoms. The average molecular weight is 270 g/mol. The molecule has 0 bridgehead atoms. The van der Waals surface area contributed by atoms with Crippen molar-refractivity contribution in [3.05, 3.63) is 24.3 Å². The number of ether oxygens (including phenoxy) is 1. The fraction of sp³-hybridized carbons (Fsp3) is 0.500. The van der Waals surface area contributed by atoms with Crippen molar-refractivity contribution in [1.29, 1.82) is 0 Å². The predicted molar refractivity (Wildman–Crippen MR) is 71.4 cm³/mol. The second kappa shape index (κ2) is 5.58. The van der Waals surface area contributed by atoms with E-state index in [-0.39, 0.29) is 5.25 Å². The highest BCUT2D eigenvalue weighted by Crippen LogP contribution is 2.20. The predicted octanol–water partition coefficient (Wildman–Crippen LogP) is 1.19.